The Kier molecular flexibility index (Phi) is 3.65. The van der Waals surface area contributed by atoms with Gasteiger partial charge >= 0.3 is 0 Å². The van der Waals surface area contributed by atoms with Gasteiger partial charge < -0.3 is 0 Å². The van der Waals surface area contributed by atoms with E-state index in [2.05, 4.69) is 72.6 Å². The van der Waals surface area contributed by atoms with Gasteiger partial charge in [0.25, 0.3) is 0 Å². The first-order valence-electron chi connectivity index (χ1n) is 7.15. The molecule has 0 aromatic heterocycles. The van der Waals surface area contributed by atoms with Gasteiger partial charge in [-0.25, -0.2) is 0 Å². The first-order valence-corrected chi connectivity index (χ1v) is 7.15. The third-order valence-electron chi connectivity index (χ3n) is 4.34. The minimum Gasteiger partial charge on any atom is -0.296 e. The molecule has 0 spiro atoms. The van der Waals surface area contributed by atoms with Crippen molar-refractivity contribution in [1.29, 1.82) is 0 Å². The molecular weight excluding hydrogens is 230 g/mol. The van der Waals surface area contributed by atoms with Crippen LogP contribution < -0.4 is 0 Å². The maximum atomic E-state index is 2.56. The third kappa shape index (κ3) is 2.71. The van der Waals surface area contributed by atoms with Crippen molar-refractivity contribution in [3.8, 4) is 0 Å². The second kappa shape index (κ2) is 5.58. The lowest BCUT2D eigenvalue weighted by Gasteiger charge is -2.26. The predicted octanol–water partition coefficient (Wildman–Crippen LogP) is 4.06. The Morgan fingerprint density at radius 1 is 0.895 bits per heavy atom. The van der Waals surface area contributed by atoms with Crippen LogP contribution in [0.4, 0.5) is 0 Å². The first kappa shape index (κ1) is 12.4. The normalized spacial score (nSPS) is 23.6. The van der Waals surface area contributed by atoms with Gasteiger partial charge in [0.15, 0.2) is 0 Å². The standard InChI is InChI=1S/C18H21N/c1-19-17(14-15-8-4-2-5-9-15)12-13-18(19)16-10-6-3-7-11-16/h2-11,17-18H,12-14H2,1H3/t17-,18+/m0/s1. The molecule has 2 atom stereocenters. The van der Waals surface area contributed by atoms with Gasteiger partial charge in [0.2, 0.25) is 0 Å². The minimum absolute atomic E-state index is 0.593. The summed E-state index contributed by atoms with van der Waals surface area (Å²) < 4.78 is 0. The molecule has 0 aliphatic carbocycles. The summed E-state index contributed by atoms with van der Waals surface area (Å²) in [5, 5.41) is 0. The maximum Gasteiger partial charge on any atom is 0.0348 e. The van der Waals surface area contributed by atoms with Crippen molar-refractivity contribution in [1.82, 2.24) is 4.90 Å². The van der Waals surface area contributed by atoms with Gasteiger partial charge in [-0.1, -0.05) is 60.7 Å². The van der Waals surface area contributed by atoms with Gasteiger partial charge in [-0.3, -0.25) is 4.90 Å². The fraction of sp³-hybridized carbons (Fsp3) is 0.333. The topological polar surface area (TPSA) is 3.24 Å². The van der Waals surface area contributed by atoms with Gasteiger partial charge in [0.1, 0.15) is 0 Å². The molecule has 0 N–H and O–H groups in total. The van der Waals surface area contributed by atoms with Crippen LogP contribution in [-0.2, 0) is 6.42 Å². The molecule has 1 saturated heterocycles. The van der Waals surface area contributed by atoms with Crippen LogP contribution in [0.25, 0.3) is 0 Å². The smallest absolute Gasteiger partial charge is 0.0348 e. The van der Waals surface area contributed by atoms with Crippen LogP contribution in [0.1, 0.15) is 30.0 Å². The summed E-state index contributed by atoms with van der Waals surface area (Å²) in [4.78, 5) is 2.56. The Balaban J connectivity index is 1.71. The minimum atomic E-state index is 0.593. The van der Waals surface area contributed by atoms with Crippen LogP contribution in [0.15, 0.2) is 60.7 Å². The van der Waals surface area contributed by atoms with Crippen molar-refractivity contribution in [3.63, 3.8) is 0 Å². The van der Waals surface area contributed by atoms with Gasteiger partial charge in [0, 0.05) is 12.1 Å². The maximum absolute atomic E-state index is 2.56. The van der Waals surface area contributed by atoms with E-state index in [0.717, 1.165) is 0 Å². The zero-order chi connectivity index (χ0) is 13.1. The second-order valence-electron chi connectivity index (χ2n) is 5.51. The van der Waals surface area contributed by atoms with Crippen LogP contribution >= 0.6 is 0 Å². The number of likely N-dealkylation sites (N-methyl/N-ethyl adjacent to an activating group) is 1. The van der Waals surface area contributed by atoms with E-state index in [-0.39, 0.29) is 0 Å². The second-order valence-corrected chi connectivity index (χ2v) is 5.51. The Bertz CT molecular complexity index is 506. The van der Waals surface area contributed by atoms with Crippen LogP contribution in [0.2, 0.25) is 0 Å². The molecule has 0 saturated carbocycles. The van der Waals surface area contributed by atoms with Crippen LogP contribution in [0.5, 0.6) is 0 Å². The molecule has 0 unspecified atom stereocenters. The highest BCUT2D eigenvalue weighted by Gasteiger charge is 2.30. The number of hydrogen-bond acceptors (Lipinski definition) is 1. The summed E-state index contributed by atoms with van der Waals surface area (Å²) in [5.41, 5.74) is 2.91. The molecule has 1 aliphatic heterocycles. The Hall–Kier alpha value is -1.60. The van der Waals surface area contributed by atoms with E-state index in [4.69, 9.17) is 0 Å². The number of hydrogen-bond donors (Lipinski definition) is 0. The van der Waals surface area contributed by atoms with Gasteiger partial charge in [0.05, 0.1) is 0 Å². The van der Waals surface area contributed by atoms with E-state index in [1.165, 1.54) is 30.4 Å². The van der Waals surface area contributed by atoms with E-state index in [1.807, 2.05) is 0 Å². The molecular formula is C18H21N. The van der Waals surface area contributed by atoms with Crippen molar-refractivity contribution in [2.24, 2.45) is 0 Å². The van der Waals surface area contributed by atoms with E-state index in [0.29, 0.717) is 12.1 Å². The van der Waals surface area contributed by atoms with Gasteiger partial charge in [-0.05, 0) is 37.4 Å². The largest absolute Gasteiger partial charge is 0.296 e. The zero-order valence-electron chi connectivity index (χ0n) is 11.5. The molecule has 98 valence electrons. The summed E-state index contributed by atoms with van der Waals surface area (Å²) in [6, 6.07) is 23.0. The molecule has 0 amide bonds. The molecule has 2 aromatic carbocycles. The highest BCUT2D eigenvalue weighted by atomic mass is 15.2. The van der Waals surface area contributed by atoms with Crippen LogP contribution in [0, 0.1) is 0 Å². The van der Waals surface area contributed by atoms with E-state index in [1.54, 1.807) is 0 Å². The molecule has 1 heteroatoms. The number of rotatable bonds is 3. The van der Waals surface area contributed by atoms with E-state index >= 15 is 0 Å². The highest BCUT2D eigenvalue weighted by Crippen LogP contribution is 2.35. The summed E-state index contributed by atoms with van der Waals surface area (Å²) in [6.45, 7) is 0. The van der Waals surface area contributed by atoms with Gasteiger partial charge in [-0.2, -0.15) is 0 Å². The van der Waals surface area contributed by atoms with Crippen molar-refractivity contribution in [2.45, 2.75) is 31.3 Å². The fourth-order valence-corrected chi connectivity index (χ4v) is 3.22. The molecule has 1 fully saturated rings. The Labute approximate surface area is 115 Å². The summed E-state index contributed by atoms with van der Waals surface area (Å²) >= 11 is 0. The lowest BCUT2D eigenvalue weighted by atomic mass is 10.0. The molecule has 1 heterocycles. The third-order valence-corrected chi connectivity index (χ3v) is 4.34. The summed E-state index contributed by atoms with van der Waals surface area (Å²) in [5.74, 6) is 0. The molecule has 3 rings (SSSR count). The van der Waals surface area contributed by atoms with Crippen LogP contribution in [0.3, 0.4) is 0 Å². The molecule has 2 aromatic rings. The van der Waals surface area contributed by atoms with Gasteiger partial charge in [-0.15, -0.1) is 0 Å². The summed E-state index contributed by atoms with van der Waals surface area (Å²) in [6.07, 6.45) is 3.74. The zero-order valence-corrected chi connectivity index (χ0v) is 11.5. The highest BCUT2D eigenvalue weighted by molar-refractivity contribution is 5.22. The Morgan fingerprint density at radius 3 is 2.21 bits per heavy atom. The molecule has 19 heavy (non-hydrogen) atoms. The first-order chi connectivity index (χ1) is 9.34. The lowest BCUT2D eigenvalue weighted by molar-refractivity contribution is 0.242. The monoisotopic (exact) mass is 251 g/mol. The van der Waals surface area contributed by atoms with E-state index < -0.39 is 0 Å². The molecule has 0 radical (unpaired) electrons. The predicted molar refractivity (Wildman–Crippen MR) is 80.1 cm³/mol. The number of likely N-dealkylation sites (tertiary alicyclic amines) is 1. The molecule has 1 nitrogen and oxygen atoms in total. The summed E-state index contributed by atoms with van der Waals surface area (Å²) in [7, 11) is 2.28. The van der Waals surface area contributed by atoms with Crippen molar-refractivity contribution >= 4 is 0 Å². The lowest BCUT2D eigenvalue weighted by Crippen LogP contribution is -2.29. The van der Waals surface area contributed by atoms with E-state index in [9.17, 15) is 0 Å². The van der Waals surface area contributed by atoms with Crippen molar-refractivity contribution in [2.75, 3.05) is 7.05 Å². The quantitative estimate of drug-likeness (QED) is 0.795. The number of nitrogens with zero attached hydrogens (tertiary/aromatic N) is 1. The molecule has 0 bridgehead atoms. The average Bonchev–Trinajstić information content (AvgIpc) is 2.82. The SMILES string of the molecule is CN1[C@H](Cc2ccccc2)CC[C@@H]1c1ccccc1. The van der Waals surface area contributed by atoms with Crippen molar-refractivity contribution in [3.05, 3.63) is 71.8 Å². The fourth-order valence-electron chi connectivity index (χ4n) is 3.22. The van der Waals surface area contributed by atoms with Crippen LogP contribution in [-0.4, -0.2) is 18.0 Å². The number of benzene rings is 2. The van der Waals surface area contributed by atoms with Crippen molar-refractivity contribution < 1.29 is 0 Å². The Morgan fingerprint density at radius 2 is 1.53 bits per heavy atom. The molecule has 1 aliphatic rings. The average molecular weight is 251 g/mol.